The number of carbonyl (C=O) groups excluding carboxylic acids is 1. The van der Waals surface area contributed by atoms with Crippen molar-refractivity contribution in [1.82, 2.24) is 15.1 Å². The molecule has 4 rings (SSSR count). The Morgan fingerprint density at radius 2 is 1.75 bits per heavy atom. The third kappa shape index (κ3) is 4.36. The van der Waals surface area contributed by atoms with Crippen LogP contribution in [0.1, 0.15) is 33.3 Å². The van der Waals surface area contributed by atoms with Crippen molar-refractivity contribution in [1.29, 1.82) is 0 Å². The zero-order chi connectivity index (χ0) is 22.9. The summed E-state index contributed by atoms with van der Waals surface area (Å²) in [6.07, 6.45) is -4.99. The largest absolute Gasteiger partial charge is 0.434 e. The number of rotatable bonds is 5. The molecule has 0 bridgehead atoms. The first-order valence-electron chi connectivity index (χ1n) is 9.91. The first-order chi connectivity index (χ1) is 15.2. The van der Waals surface area contributed by atoms with Crippen molar-refractivity contribution in [3.63, 3.8) is 0 Å². The zero-order valence-corrected chi connectivity index (χ0v) is 17.1. The van der Waals surface area contributed by atoms with E-state index in [1.54, 1.807) is 24.3 Å². The maximum atomic E-state index is 13.8. The minimum Gasteiger partial charge on any atom is -0.387 e. The van der Waals surface area contributed by atoms with Crippen molar-refractivity contribution < 1.29 is 23.1 Å². The number of halogens is 3. The normalized spacial score (nSPS) is 12.7. The molecule has 1 atom stereocenters. The fourth-order valence-electron chi connectivity index (χ4n) is 3.49. The number of benzene rings is 3. The number of alkyl halides is 3. The van der Waals surface area contributed by atoms with E-state index < -0.39 is 29.4 Å². The van der Waals surface area contributed by atoms with E-state index in [4.69, 9.17) is 0 Å². The standard InChI is InChI=1S/C24H20F3N3O2/c1-15-6-10-19(11-7-15)30-22(24(25,26)27)20(13-29-30)23(32)28-14-21(31)18-9-8-16-4-2-3-5-17(16)12-18/h2-13,21,31H,14H2,1H3,(H,28,32). The second kappa shape index (κ2) is 8.47. The molecule has 5 nitrogen and oxygen atoms in total. The van der Waals surface area contributed by atoms with Gasteiger partial charge in [-0.15, -0.1) is 0 Å². The van der Waals surface area contributed by atoms with Crippen molar-refractivity contribution in [3.05, 3.63) is 95.3 Å². The Kier molecular flexibility index (Phi) is 5.71. The topological polar surface area (TPSA) is 67.2 Å². The van der Waals surface area contributed by atoms with E-state index in [-0.39, 0.29) is 12.2 Å². The minimum absolute atomic E-state index is 0.193. The maximum absolute atomic E-state index is 13.8. The van der Waals surface area contributed by atoms with Crippen LogP contribution < -0.4 is 5.32 Å². The van der Waals surface area contributed by atoms with Gasteiger partial charge in [0.2, 0.25) is 0 Å². The van der Waals surface area contributed by atoms with Crippen LogP contribution in [-0.4, -0.2) is 27.3 Å². The summed E-state index contributed by atoms with van der Waals surface area (Å²) in [6.45, 7) is 1.57. The van der Waals surface area contributed by atoms with Gasteiger partial charge in [-0.1, -0.05) is 54.1 Å². The summed E-state index contributed by atoms with van der Waals surface area (Å²) < 4.78 is 42.1. The third-order valence-corrected chi connectivity index (χ3v) is 5.18. The predicted octanol–water partition coefficient (Wildman–Crippen LogP) is 4.82. The molecule has 0 radical (unpaired) electrons. The Labute approximate surface area is 182 Å². The molecule has 0 aliphatic carbocycles. The highest BCUT2D eigenvalue weighted by Crippen LogP contribution is 2.33. The minimum atomic E-state index is -4.80. The molecule has 2 N–H and O–H groups in total. The molecular formula is C24H20F3N3O2. The zero-order valence-electron chi connectivity index (χ0n) is 17.1. The number of nitrogens with zero attached hydrogens (tertiary/aromatic N) is 2. The molecule has 0 aliphatic heterocycles. The molecule has 0 fully saturated rings. The van der Waals surface area contributed by atoms with Crippen molar-refractivity contribution in [2.45, 2.75) is 19.2 Å². The first kappa shape index (κ1) is 21.6. The number of hydrogen-bond acceptors (Lipinski definition) is 3. The fourth-order valence-corrected chi connectivity index (χ4v) is 3.49. The molecule has 164 valence electrons. The number of aliphatic hydroxyl groups is 1. The number of nitrogens with one attached hydrogen (secondary N) is 1. The van der Waals surface area contributed by atoms with E-state index >= 15 is 0 Å². The van der Waals surface area contributed by atoms with Crippen LogP contribution >= 0.6 is 0 Å². The third-order valence-electron chi connectivity index (χ3n) is 5.18. The molecule has 0 spiro atoms. The number of aliphatic hydroxyl groups excluding tert-OH is 1. The van der Waals surface area contributed by atoms with Crippen LogP contribution in [0.25, 0.3) is 16.5 Å². The van der Waals surface area contributed by atoms with Gasteiger partial charge in [-0.3, -0.25) is 4.79 Å². The molecule has 0 saturated heterocycles. The van der Waals surface area contributed by atoms with Crippen LogP contribution in [-0.2, 0) is 6.18 Å². The van der Waals surface area contributed by atoms with Gasteiger partial charge >= 0.3 is 6.18 Å². The molecule has 3 aromatic carbocycles. The summed E-state index contributed by atoms with van der Waals surface area (Å²) in [5.74, 6) is -0.962. The molecule has 4 aromatic rings. The van der Waals surface area contributed by atoms with Gasteiger partial charge in [0.15, 0.2) is 5.69 Å². The Morgan fingerprint density at radius 1 is 1.06 bits per heavy atom. The molecule has 1 aromatic heterocycles. The number of aromatic nitrogens is 2. The van der Waals surface area contributed by atoms with Crippen LogP contribution in [0, 0.1) is 6.92 Å². The molecule has 8 heteroatoms. The van der Waals surface area contributed by atoms with Crippen molar-refractivity contribution >= 4 is 16.7 Å². The average molecular weight is 439 g/mol. The second-order valence-electron chi connectivity index (χ2n) is 7.48. The quantitative estimate of drug-likeness (QED) is 0.469. The lowest BCUT2D eigenvalue weighted by molar-refractivity contribution is -0.143. The van der Waals surface area contributed by atoms with Crippen molar-refractivity contribution in [2.75, 3.05) is 6.54 Å². The Balaban J connectivity index is 1.55. The van der Waals surface area contributed by atoms with E-state index in [0.717, 1.165) is 22.5 Å². The second-order valence-corrected chi connectivity index (χ2v) is 7.48. The van der Waals surface area contributed by atoms with E-state index in [0.29, 0.717) is 10.2 Å². The molecule has 1 amide bonds. The number of carbonyl (C=O) groups is 1. The summed E-state index contributed by atoms with van der Waals surface area (Å²) >= 11 is 0. The molecule has 32 heavy (non-hydrogen) atoms. The van der Waals surface area contributed by atoms with Crippen LogP contribution in [0.15, 0.2) is 72.9 Å². The van der Waals surface area contributed by atoms with E-state index in [1.165, 1.54) is 12.1 Å². The van der Waals surface area contributed by atoms with Gasteiger partial charge in [0.25, 0.3) is 5.91 Å². The van der Waals surface area contributed by atoms with E-state index in [1.807, 2.05) is 37.3 Å². The Bertz CT molecular complexity index is 1260. The highest BCUT2D eigenvalue weighted by molar-refractivity contribution is 5.95. The summed E-state index contributed by atoms with van der Waals surface area (Å²) in [7, 11) is 0. The van der Waals surface area contributed by atoms with Gasteiger partial charge in [0, 0.05) is 6.54 Å². The fraction of sp³-hybridized carbons (Fsp3) is 0.167. The summed E-state index contributed by atoms with van der Waals surface area (Å²) in [6, 6.07) is 19.2. The maximum Gasteiger partial charge on any atom is 0.434 e. The molecule has 0 aliphatic rings. The summed E-state index contributed by atoms with van der Waals surface area (Å²) in [5, 5.41) is 18.5. The van der Waals surface area contributed by atoms with Gasteiger partial charge in [-0.2, -0.15) is 18.3 Å². The molecule has 1 heterocycles. The summed E-state index contributed by atoms with van der Waals surface area (Å²) in [5.41, 5.74) is -0.147. The molecule has 1 unspecified atom stereocenters. The van der Waals surface area contributed by atoms with Crippen LogP contribution in [0.5, 0.6) is 0 Å². The highest BCUT2D eigenvalue weighted by Gasteiger charge is 2.40. The van der Waals surface area contributed by atoms with E-state index in [9.17, 15) is 23.1 Å². The van der Waals surface area contributed by atoms with Gasteiger partial charge < -0.3 is 10.4 Å². The number of amides is 1. The Hall–Kier alpha value is -3.65. The number of hydrogen-bond donors (Lipinski definition) is 2. The lowest BCUT2D eigenvalue weighted by Crippen LogP contribution is -2.30. The lowest BCUT2D eigenvalue weighted by Gasteiger charge is -2.15. The van der Waals surface area contributed by atoms with Crippen molar-refractivity contribution in [2.24, 2.45) is 0 Å². The first-order valence-corrected chi connectivity index (χ1v) is 9.91. The van der Waals surface area contributed by atoms with Gasteiger partial charge in [-0.25, -0.2) is 4.68 Å². The number of fused-ring (bicyclic) bond motifs is 1. The van der Waals surface area contributed by atoms with E-state index in [2.05, 4.69) is 10.4 Å². The predicted molar refractivity (Wildman–Crippen MR) is 115 cm³/mol. The number of aryl methyl sites for hydroxylation is 1. The van der Waals surface area contributed by atoms with Crippen LogP contribution in [0.4, 0.5) is 13.2 Å². The van der Waals surface area contributed by atoms with Crippen LogP contribution in [0.3, 0.4) is 0 Å². The van der Waals surface area contributed by atoms with Crippen LogP contribution in [0.2, 0.25) is 0 Å². The smallest absolute Gasteiger partial charge is 0.387 e. The lowest BCUT2D eigenvalue weighted by atomic mass is 10.0. The molecular weight excluding hydrogens is 419 g/mol. The summed E-state index contributed by atoms with van der Waals surface area (Å²) in [4.78, 5) is 12.6. The SMILES string of the molecule is Cc1ccc(-n2ncc(C(=O)NCC(O)c3ccc4ccccc4c3)c2C(F)(F)F)cc1. The molecule has 0 saturated carbocycles. The van der Waals surface area contributed by atoms with Gasteiger partial charge in [0.1, 0.15) is 0 Å². The monoisotopic (exact) mass is 439 g/mol. The average Bonchev–Trinajstić information content (AvgIpc) is 3.23. The highest BCUT2D eigenvalue weighted by atomic mass is 19.4. The van der Waals surface area contributed by atoms with Gasteiger partial charge in [-0.05, 0) is 41.5 Å². The Morgan fingerprint density at radius 3 is 2.44 bits per heavy atom. The van der Waals surface area contributed by atoms with Gasteiger partial charge in [0.05, 0.1) is 23.6 Å². The van der Waals surface area contributed by atoms with Crippen molar-refractivity contribution in [3.8, 4) is 5.69 Å².